The number of nitriles is 1. The van der Waals surface area contributed by atoms with Crippen molar-refractivity contribution < 1.29 is 14.3 Å². The molecule has 0 aliphatic carbocycles. The van der Waals surface area contributed by atoms with Gasteiger partial charge < -0.3 is 14.5 Å². The minimum Gasteiger partial charge on any atom is -0.369 e. The Morgan fingerprint density at radius 1 is 1.31 bits per heavy atom. The number of β-lactam (4-membered cyclic amide) rings is 1. The Kier molecular flexibility index (Phi) is 5.28. The van der Waals surface area contributed by atoms with Gasteiger partial charge in [0, 0.05) is 31.8 Å². The Labute approximate surface area is 154 Å². The number of benzene rings is 1. The van der Waals surface area contributed by atoms with Crippen LogP contribution in [0.15, 0.2) is 24.3 Å². The van der Waals surface area contributed by atoms with Crippen LogP contribution in [0, 0.1) is 17.2 Å². The number of rotatable bonds is 4. The zero-order valence-electron chi connectivity index (χ0n) is 15.5. The van der Waals surface area contributed by atoms with Gasteiger partial charge in [-0.15, -0.1) is 0 Å². The molecule has 2 aliphatic heterocycles. The third kappa shape index (κ3) is 3.19. The number of carbonyl (C=O) groups is 2. The predicted octanol–water partition coefficient (Wildman–Crippen LogP) is 2.04. The van der Waals surface area contributed by atoms with Crippen LogP contribution in [0.5, 0.6) is 0 Å². The summed E-state index contributed by atoms with van der Waals surface area (Å²) in [5.41, 5.74) is 1.05. The molecule has 2 amide bonds. The normalized spacial score (nSPS) is 23.7. The number of carbonyl (C=O) groups excluding carboxylic acids is 2. The number of hydrogen-bond acceptors (Lipinski definition) is 4. The topological polar surface area (TPSA) is 73.6 Å². The molecule has 2 fully saturated rings. The van der Waals surface area contributed by atoms with E-state index in [9.17, 15) is 9.59 Å². The number of ether oxygens (including phenoxy) is 1. The summed E-state index contributed by atoms with van der Waals surface area (Å²) in [6.45, 7) is 5.37. The minimum atomic E-state index is -0.350. The predicted molar refractivity (Wildman–Crippen MR) is 96.4 cm³/mol. The van der Waals surface area contributed by atoms with E-state index < -0.39 is 0 Å². The third-order valence-electron chi connectivity index (χ3n) is 5.49. The summed E-state index contributed by atoms with van der Waals surface area (Å²) in [6, 6.07) is 9.16. The maximum absolute atomic E-state index is 12.7. The highest BCUT2D eigenvalue weighted by Crippen LogP contribution is 2.36. The summed E-state index contributed by atoms with van der Waals surface area (Å²) in [4.78, 5) is 28.7. The van der Waals surface area contributed by atoms with Crippen LogP contribution in [0.25, 0.3) is 0 Å². The molecule has 1 aromatic carbocycles. The summed E-state index contributed by atoms with van der Waals surface area (Å²) in [7, 11) is 1.59. The zero-order chi connectivity index (χ0) is 18.8. The summed E-state index contributed by atoms with van der Waals surface area (Å²) in [5, 5.41) is 9.00. The lowest BCUT2D eigenvalue weighted by atomic mass is 9.79. The van der Waals surface area contributed by atoms with Crippen molar-refractivity contribution in [1.82, 2.24) is 9.80 Å². The zero-order valence-corrected chi connectivity index (χ0v) is 15.5. The number of methoxy groups -OCH3 is 1. The molecule has 138 valence electrons. The fourth-order valence-electron chi connectivity index (χ4n) is 4.17. The lowest BCUT2D eigenvalue weighted by Crippen LogP contribution is -2.70. The van der Waals surface area contributed by atoms with Gasteiger partial charge >= 0.3 is 0 Å². The van der Waals surface area contributed by atoms with Crippen LogP contribution in [-0.4, -0.2) is 60.0 Å². The van der Waals surface area contributed by atoms with Crippen molar-refractivity contribution in [1.29, 1.82) is 5.26 Å². The van der Waals surface area contributed by atoms with Crippen LogP contribution in [0.2, 0.25) is 0 Å². The summed E-state index contributed by atoms with van der Waals surface area (Å²) < 4.78 is 5.41. The number of likely N-dealkylation sites (tertiary alicyclic amines) is 2. The standard InChI is InChI=1S/C20H25N3O3/c1-13(2)23-17(18(26-3)20(23)25)15-7-9-22(10-8-15)19(24)16-6-4-5-14(11-16)12-21/h4-6,11,13,15,17-18H,7-10H2,1-3H3/t17-,18+/m0/s1. The molecule has 2 atom stereocenters. The Hall–Kier alpha value is -2.39. The molecule has 0 spiro atoms. The molecular weight excluding hydrogens is 330 g/mol. The second kappa shape index (κ2) is 7.46. The Balaban J connectivity index is 1.64. The van der Waals surface area contributed by atoms with E-state index in [0.717, 1.165) is 12.8 Å². The van der Waals surface area contributed by atoms with Crippen LogP contribution >= 0.6 is 0 Å². The first-order valence-electron chi connectivity index (χ1n) is 9.12. The summed E-state index contributed by atoms with van der Waals surface area (Å²) >= 11 is 0. The quantitative estimate of drug-likeness (QED) is 0.775. The van der Waals surface area contributed by atoms with Crippen molar-refractivity contribution in [3.63, 3.8) is 0 Å². The van der Waals surface area contributed by atoms with Gasteiger partial charge in [0.25, 0.3) is 11.8 Å². The lowest BCUT2D eigenvalue weighted by molar-refractivity contribution is -0.181. The fraction of sp³-hybridized carbons (Fsp3) is 0.550. The van der Waals surface area contributed by atoms with Crippen molar-refractivity contribution in [2.24, 2.45) is 5.92 Å². The molecule has 26 heavy (non-hydrogen) atoms. The highest BCUT2D eigenvalue weighted by Gasteiger charge is 2.52. The first kappa shape index (κ1) is 18.4. The van der Waals surface area contributed by atoms with Crippen molar-refractivity contribution in [2.75, 3.05) is 20.2 Å². The molecule has 2 saturated heterocycles. The van der Waals surface area contributed by atoms with E-state index in [1.807, 2.05) is 23.6 Å². The van der Waals surface area contributed by atoms with E-state index in [1.54, 1.807) is 31.4 Å². The second-order valence-corrected chi connectivity index (χ2v) is 7.31. The van der Waals surface area contributed by atoms with Crippen LogP contribution in [0.3, 0.4) is 0 Å². The molecule has 0 bridgehead atoms. The molecule has 3 rings (SSSR count). The van der Waals surface area contributed by atoms with Gasteiger partial charge in [-0.1, -0.05) is 6.07 Å². The van der Waals surface area contributed by atoms with Crippen molar-refractivity contribution in [2.45, 2.75) is 44.9 Å². The van der Waals surface area contributed by atoms with Crippen molar-refractivity contribution in [3.8, 4) is 6.07 Å². The average Bonchev–Trinajstić information content (AvgIpc) is 2.65. The van der Waals surface area contributed by atoms with Gasteiger partial charge in [0.1, 0.15) is 0 Å². The number of piperidine rings is 1. The van der Waals surface area contributed by atoms with Gasteiger partial charge in [-0.05, 0) is 50.8 Å². The maximum atomic E-state index is 12.7. The van der Waals surface area contributed by atoms with Crippen LogP contribution in [0.4, 0.5) is 0 Å². The van der Waals surface area contributed by atoms with E-state index in [2.05, 4.69) is 6.07 Å². The minimum absolute atomic E-state index is 0.0331. The van der Waals surface area contributed by atoms with Gasteiger partial charge in [-0.2, -0.15) is 5.26 Å². The number of amides is 2. The lowest BCUT2D eigenvalue weighted by Gasteiger charge is -2.53. The summed E-state index contributed by atoms with van der Waals surface area (Å²) in [6.07, 6.45) is 1.35. The Morgan fingerprint density at radius 2 is 2.00 bits per heavy atom. The SMILES string of the molecule is CO[C@H]1C(=O)N(C(C)C)[C@H]1C1CCN(C(=O)c2cccc(C#N)c2)CC1. The first-order valence-corrected chi connectivity index (χ1v) is 9.12. The van der Waals surface area contributed by atoms with Gasteiger partial charge in [-0.3, -0.25) is 9.59 Å². The molecular formula is C20H25N3O3. The monoisotopic (exact) mass is 355 g/mol. The molecule has 0 aromatic heterocycles. The number of hydrogen-bond donors (Lipinski definition) is 0. The average molecular weight is 355 g/mol. The van der Waals surface area contributed by atoms with E-state index in [1.165, 1.54) is 0 Å². The fourth-order valence-corrected chi connectivity index (χ4v) is 4.17. The van der Waals surface area contributed by atoms with Crippen molar-refractivity contribution in [3.05, 3.63) is 35.4 Å². The van der Waals surface area contributed by atoms with Gasteiger partial charge in [0.05, 0.1) is 17.7 Å². The molecule has 0 N–H and O–H groups in total. The van der Waals surface area contributed by atoms with Gasteiger partial charge in [0.15, 0.2) is 6.10 Å². The van der Waals surface area contributed by atoms with Crippen LogP contribution in [-0.2, 0) is 9.53 Å². The van der Waals surface area contributed by atoms with E-state index in [4.69, 9.17) is 10.00 Å². The second-order valence-electron chi connectivity index (χ2n) is 7.31. The van der Waals surface area contributed by atoms with Gasteiger partial charge in [0.2, 0.25) is 0 Å². The first-order chi connectivity index (χ1) is 12.5. The molecule has 2 heterocycles. The number of nitrogens with zero attached hydrogens (tertiary/aromatic N) is 3. The molecule has 0 unspecified atom stereocenters. The Bertz CT molecular complexity index is 732. The molecule has 2 aliphatic rings. The Morgan fingerprint density at radius 3 is 2.58 bits per heavy atom. The molecule has 6 heteroatoms. The van der Waals surface area contributed by atoms with E-state index >= 15 is 0 Å². The third-order valence-corrected chi connectivity index (χ3v) is 5.49. The van der Waals surface area contributed by atoms with Crippen molar-refractivity contribution >= 4 is 11.8 Å². The highest BCUT2D eigenvalue weighted by molar-refractivity contribution is 5.94. The maximum Gasteiger partial charge on any atom is 0.254 e. The smallest absolute Gasteiger partial charge is 0.254 e. The largest absolute Gasteiger partial charge is 0.369 e. The summed E-state index contributed by atoms with van der Waals surface area (Å²) in [5.74, 6) is 0.378. The van der Waals surface area contributed by atoms with Gasteiger partial charge in [-0.25, -0.2) is 0 Å². The van der Waals surface area contributed by atoms with E-state index in [-0.39, 0.29) is 30.0 Å². The van der Waals surface area contributed by atoms with E-state index in [0.29, 0.717) is 30.1 Å². The molecule has 0 saturated carbocycles. The van der Waals surface area contributed by atoms with Crippen LogP contribution < -0.4 is 0 Å². The molecule has 0 radical (unpaired) electrons. The molecule has 1 aromatic rings. The molecule has 6 nitrogen and oxygen atoms in total. The van der Waals surface area contributed by atoms with Crippen LogP contribution in [0.1, 0.15) is 42.6 Å². The highest BCUT2D eigenvalue weighted by atomic mass is 16.5.